The maximum Gasteiger partial charge on any atom is 0.310 e. The molecule has 76 valence electrons. The molecule has 2 atom stereocenters. The zero-order valence-corrected chi connectivity index (χ0v) is 7.43. The van der Waals surface area contributed by atoms with Crippen molar-refractivity contribution in [1.82, 2.24) is 5.32 Å². The second kappa shape index (κ2) is 4.50. The highest BCUT2D eigenvalue weighted by Gasteiger charge is 2.39. The molecule has 3 nitrogen and oxygen atoms in total. The van der Waals surface area contributed by atoms with Crippen molar-refractivity contribution in [2.45, 2.75) is 13.3 Å². The van der Waals surface area contributed by atoms with E-state index in [-0.39, 0.29) is 13.2 Å². The summed E-state index contributed by atoms with van der Waals surface area (Å²) >= 11 is 0. The Balaban J connectivity index is 2.52. The lowest BCUT2D eigenvalue weighted by Crippen LogP contribution is -2.29. The topological polar surface area (TPSA) is 38.3 Å². The molecule has 5 heteroatoms. The Bertz CT molecular complexity index is 187. The van der Waals surface area contributed by atoms with Crippen LogP contribution in [0, 0.1) is 11.8 Å². The van der Waals surface area contributed by atoms with Crippen LogP contribution in [0.2, 0.25) is 0 Å². The van der Waals surface area contributed by atoms with Gasteiger partial charge in [-0.3, -0.25) is 4.79 Å². The van der Waals surface area contributed by atoms with E-state index >= 15 is 0 Å². The first-order valence-corrected chi connectivity index (χ1v) is 4.32. The standard InChI is InChI=1S/C8H13F2NO2/c1-2-13-8(12)6-4-11-3-5(6)7(9)10/h5-7,11H,2-4H2,1H3/t5-,6-/m1/s1. The number of alkyl halides is 2. The molecule has 0 unspecified atom stereocenters. The van der Waals surface area contributed by atoms with Crippen LogP contribution in [0.3, 0.4) is 0 Å². The van der Waals surface area contributed by atoms with E-state index in [0.717, 1.165) is 0 Å². The third-order valence-corrected chi connectivity index (χ3v) is 2.17. The van der Waals surface area contributed by atoms with Gasteiger partial charge in [0.05, 0.1) is 12.5 Å². The van der Waals surface area contributed by atoms with Gasteiger partial charge in [-0.25, -0.2) is 8.78 Å². The van der Waals surface area contributed by atoms with E-state index in [4.69, 9.17) is 4.74 Å². The van der Waals surface area contributed by atoms with Crippen molar-refractivity contribution in [3.05, 3.63) is 0 Å². The number of carbonyl (C=O) groups is 1. The van der Waals surface area contributed by atoms with Crippen LogP contribution in [0.15, 0.2) is 0 Å². The summed E-state index contributed by atoms with van der Waals surface area (Å²) in [5, 5.41) is 2.76. The number of carbonyl (C=O) groups excluding carboxylic acids is 1. The average Bonchev–Trinajstić information content (AvgIpc) is 2.52. The molecule has 0 saturated carbocycles. The van der Waals surface area contributed by atoms with E-state index in [0.29, 0.717) is 6.54 Å². The second-order valence-electron chi connectivity index (χ2n) is 3.02. The lowest BCUT2D eigenvalue weighted by Gasteiger charge is -2.15. The average molecular weight is 193 g/mol. The van der Waals surface area contributed by atoms with Gasteiger partial charge >= 0.3 is 5.97 Å². The molecule has 13 heavy (non-hydrogen) atoms. The summed E-state index contributed by atoms with van der Waals surface area (Å²) < 4.78 is 29.4. The normalized spacial score (nSPS) is 28.0. The Hall–Kier alpha value is -0.710. The Morgan fingerprint density at radius 3 is 2.85 bits per heavy atom. The molecule has 0 amide bonds. The van der Waals surface area contributed by atoms with Crippen molar-refractivity contribution in [3.8, 4) is 0 Å². The zero-order valence-electron chi connectivity index (χ0n) is 7.43. The summed E-state index contributed by atoms with van der Waals surface area (Å²) in [7, 11) is 0. The van der Waals surface area contributed by atoms with Crippen molar-refractivity contribution in [1.29, 1.82) is 0 Å². The van der Waals surface area contributed by atoms with E-state index in [1.54, 1.807) is 6.92 Å². The number of hydrogen-bond donors (Lipinski definition) is 1. The summed E-state index contributed by atoms with van der Waals surface area (Å²) in [6, 6.07) is 0. The molecular formula is C8H13F2NO2. The first-order valence-electron chi connectivity index (χ1n) is 4.32. The quantitative estimate of drug-likeness (QED) is 0.669. The molecule has 1 heterocycles. The number of esters is 1. The Morgan fingerprint density at radius 2 is 2.31 bits per heavy atom. The van der Waals surface area contributed by atoms with E-state index in [9.17, 15) is 13.6 Å². The molecule has 1 fully saturated rings. The number of ether oxygens (including phenoxy) is 1. The van der Waals surface area contributed by atoms with Gasteiger partial charge in [0.2, 0.25) is 6.43 Å². The Kier molecular flexibility index (Phi) is 3.59. The molecule has 0 aromatic heterocycles. The number of nitrogens with one attached hydrogen (secondary N) is 1. The SMILES string of the molecule is CCOC(=O)[C@@H]1CNC[C@H]1C(F)F. The van der Waals surface area contributed by atoms with E-state index in [1.807, 2.05) is 0 Å². The summed E-state index contributed by atoms with van der Waals surface area (Å²) in [6.45, 7) is 2.40. The van der Waals surface area contributed by atoms with Gasteiger partial charge in [0.1, 0.15) is 0 Å². The predicted octanol–water partition coefficient (Wildman–Crippen LogP) is 0.650. The number of hydrogen-bond acceptors (Lipinski definition) is 3. The van der Waals surface area contributed by atoms with Crippen molar-refractivity contribution in [2.75, 3.05) is 19.7 Å². The minimum absolute atomic E-state index is 0.196. The third kappa shape index (κ3) is 2.37. The van der Waals surface area contributed by atoms with Crippen molar-refractivity contribution < 1.29 is 18.3 Å². The molecule has 1 aliphatic rings. The number of rotatable bonds is 3. The fourth-order valence-electron chi connectivity index (χ4n) is 1.47. The van der Waals surface area contributed by atoms with Crippen LogP contribution < -0.4 is 5.32 Å². The maximum absolute atomic E-state index is 12.3. The van der Waals surface area contributed by atoms with Gasteiger partial charge in [0.25, 0.3) is 0 Å². The highest BCUT2D eigenvalue weighted by Crippen LogP contribution is 2.24. The zero-order chi connectivity index (χ0) is 9.84. The van der Waals surface area contributed by atoms with Crippen molar-refractivity contribution >= 4 is 5.97 Å². The van der Waals surface area contributed by atoms with E-state index in [1.165, 1.54) is 0 Å². The molecule has 0 aromatic carbocycles. The monoisotopic (exact) mass is 193 g/mol. The molecule has 1 saturated heterocycles. The fourth-order valence-corrected chi connectivity index (χ4v) is 1.47. The van der Waals surface area contributed by atoms with Crippen LogP contribution in [0.1, 0.15) is 6.92 Å². The molecular weight excluding hydrogens is 180 g/mol. The lowest BCUT2D eigenvalue weighted by atomic mass is 9.97. The molecule has 0 bridgehead atoms. The predicted molar refractivity (Wildman–Crippen MR) is 42.5 cm³/mol. The van der Waals surface area contributed by atoms with Gasteiger partial charge in [0, 0.05) is 19.0 Å². The van der Waals surface area contributed by atoms with Crippen LogP contribution >= 0.6 is 0 Å². The van der Waals surface area contributed by atoms with Crippen molar-refractivity contribution in [2.24, 2.45) is 11.8 Å². The fraction of sp³-hybridized carbons (Fsp3) is 0.875. The summed E-state index contributed by atoms with van der Waals surface area (Å²) in [5.74, 6) is -2.09. The minimum Gasteiger partial charge on any atom is -0.466 e. The van der Waals surface area contributed by atoms with Gasteiger partial charge in [-0.15, -0.1) is 0 Å². The van der Waals surface area contributed by atoms with Gasteiger partial charge < -0.3 is 10.1 Å². The number of halogens is 2. The van der Waals surface area contributed by atoms with Crippen LogP contribution in [-0.2, 0) is 9.53 Å². The summed E-state index contributed by atoms with van der Waals surface area (Å²) in [6.07, 6.45) is -2.45. The molecule has 1 aliphatic heterocycles. The van der Waals surface area contributed by atoms with Crippen LogP contribution in [-0.4, -0.2) is 32.1 Å². The van der Waals surface area contributed by atoms with Crippen LogP contribution in [0.25, 0.3) is 0 Å². The van der Waals surface area contributed by atoms with Crippen molar-refractivity contribution in [3.63, 3.8) is 0 Å². The summed E-state index contributed by atoms with van der Waals surface area (Å²) in [5.41, 5.74) is 0. The lowest BCUT2D eigenvalue weighted by molar-refractivity contribution is -0.150. The van der Waals surface area contributed by atoms with Gasteiger partial charge in [-0.05, 0) is 6.92 Å². The van der Waals surface area contributed by atoms with Crippen LogP contribution in [0.4, 0.5) is 8.78 Å². The largest absolute Gasteiger partial charge is 0.466 e. The minimum atomic E-state index is -2.45. The maximum atomic E-state index is 12.3. The smallest absolute Gasteiger partial charge is 0.310 e. The van der Waals surface area contributed by atoms with Crippen LogP contribution in [0.5, 0.6) is 0 Å². The van der Waals surface area contributed by atoms with Gasteiger partial charge in [0.15, 0.2) is 0 Å². The Morgan fingerprint density at radius 1 is 1.62 bits per heavy atom. The third-order valence-electron chi connectivity index (χ3n) is 2.17. The first kappa shape index (κ1) is 10.4. The second-order valence-corrected chi connectivity index (χ2v) is 3.02. The molecule has 0 aliphatic carbocycles. The van der Waals surface area contributed by atoms with E-state index < -0.39 is 24.2 Å². The Labute approximate surface area is 75.4 Å². The molecule has 1 rings (SSSR count). The van der Waals surface area contributed by atoms with E-state index in [2.05, 4.69) is 5.32 Å². The highest BCUT2D eigenvalue weighted by atomic mass is 19.3. The molecule has 0 radical (unpaired) electrons. The first-order chi connectivity index (χ1) is 6.16. The highest BCUT2D eigenvalue weighted by molar-refractivity contribution is 5.73. The molecule has 1 N–H and O–H groups in total. The van der Waals surface area contributed by atoms with Gasteiger partial charge in [-0.1, -0.05) is 0 Å². The molecule has 0 spiro atoms. The molecule has 0 aromatic rings. The summed E-state index contributed by atoms with van der Waals surface area (Å²) in [4.78, 5) is 11.2. The van der Waals surface area contributed by atoms with Gasteiger partial charge in [-0.2, -0.15) is 0 Å².